The van der Waals surface area contributed by atoms with Crippen molar-refractivity contribution in [3.8, 4) is 0 Å². The van der Waals surface area contributed by atoms with E-state index >= 15 is 0 Å². The molecule has 114 valence electrons. The van der Waals surface area contributed by atoms with Gasteiger partial charge in [0, 0.05) is 35.3 Å². The summed E-state index contributed by atoms with van der Waals surface area (Å²) in [5.74, 6) is 0.698. The SMILES string of the molecule is NC(=O)[C@H]1CCCN1c1ccc(SCc2ccncc2)cc1. The number of hydrogen-bond acceptors (Lipinski definition) is 4. The van der Waals surface area contributed by atoms with E-state index in [9.17, 15) is 4.79 Å². The first-order chi connectivity index (χ1) is 10.7. The van der Waals surface area contributed by atoms with Gasteiger partial charge in [0.2, 0.25) is 5.91 Å². The Morgan fingerprint density at radius 3 is 2.64 bits per heavy atom. The number of hydrogen-bond donors (Lipinski definition) is 1. The van der Waals surface area contributed by atoms with Crippen LogP contribution in [0.4, 0.5) is 5.69 Å². The molecule has 1 fully saturated rings. The third-order valence-corrected chi connectivity index (χ3v) is 4.99. The zero-order valence-electron chi connectivity index (χ0n) is 12.3. The van der Waals surface area contributed by atoms with E-state index in [2.05, 4.69) is 34.1 Å². The molecule has 0 saturated carbocycles. The van der Waals surface area contributed by atoms with Gasteiger partial charge in [0.05, 0.1) is 0 Å². The smallest absolute Gasteiger partial charge is 0.240 e. The van der Waals surface area contributed by atoms with Crippen LogP contribution < -0.4 is 10.6 Å². The molecule has 1 aliphatic heterocycles. The Hall–Kier alpha value is -2.01. The zero-order valence-corrected chi connectivity index (χ0v) is 13.1. The van der Waals surface area contributed by atoms with Crippen molar-refractivity contribution in [3.05, 3.63) is 54.4 Å². The quantitative estimate of drug-likeness (QED) is 0.862. The molecule has 1 aliphatic rings. The van der Waals surface area contributed by atoms with Gasteiger partial charge in [-0.05, 0) is 54.8 Å². The van der Waals surface area contributed by atoms with Crippen LogP contribution in [-0.4, -0.2) is 23.5 Å². The van der Waals surface area contributed by atoms with Gasteiger partial charge in [0.15, 0.2) is 0 Å². The fourth-order valence-corrected chi connectivity index (χ4v) is 3.61. The zero-order chi connectivity index (χ0) is 15.4. The first-order valence-corrected chi connectivity index (χ1v) is 8.40. The minimum atomic E-state index is -0.228. The third-order valence-electron chi connectivity index (χ3n) is 3.90. The Bertz CT molecular complexity index is 630. The van der Waals surface area contributed by atoms with Gasteiger partial charge in [0.25, 0.3) is 0 Å². The number of carbonyl (C=O) groups is 1. The van der Waals surface area contributed by atoms with E-state index in [4.69, 9.17) is 5.73 Å². The molecule has 22 heavy (non-hydrogen) atoms. The Morgan fingerprint density at radius 1 is 1.23 bits per heavy atom. The lowest BCUT2D eigenvalue weighted by Gasteiger charge is -2.24. The monoisotopic (exact) mass is 313 g/mol. The molecule has 5 heteroatoms. The number of aromatic nitrogens is 1. The molecule has 0 radical (unpaired) electrons. The summed E-state index contributed by atoms with van der Waals surface area (Å²) in [7, 11) is 0. The van der Waals surface area contributed by atoms with Crippen LogP contribution in [0, 0.1) is 0 Å². The molecule has 4 nitrogen and oxygen atoms in total. The van der Waals surface area contributed by atoms with Crippen molar-refractivity contribution < 1.29 is 4.79 Å². The second kappa shape index (κ2) is 6.83. The molecule has 1 amide bonds. The summed E-state index contributed by atoms with van der Waals surface area (Å²) >= 11 is 1.79. The van der Waals surface area contributed by atoms with Crippen LogP contribution in [-0.2, 0) is 10.5 Å². The fraction of sp³-hybridized carbons (Fsp3) is 0.294. The first-order valence-electron chi connectivity index (χ1n) is 7.42. The van der Waals surface area contributed by atoms with Gasteiger partial charge >= 0.3 is 0 Å². The molecule has 2 heterocycles. The standard InChI is InChI=1S/C17H19N3OS/c18-17(21)16-2-1-11-20(16)14-3-5-15(6-4-14)22-12-13-7-9-19-10-8-13/h3-10,16H,1-2,11-12H2,(H2,18,21)/t16-/m1/s1. The Kier molecular flexibility index (Phi) is 4.63. The molecular weight excluding hydrogens is 294 g/mol. The highest BCUT2D eigenvalue weighted by Crippen LogP contribution is 2.29. The highest BCUT2D eigenvalue weighted by molar-refractivity contribution is 7.98. The van der Waals surface area contributed by atoms with Crippen LogP contribution >= 0.6 is 11.8 Å². The summed E-state index contributed by atoms with van der Waals surface area (Å²) in [6.45, 7) is 0.900. The van der Waals surface area contributed by atoms with Gasteiger partial charge in [-0.2, -0.15) is 0 Å². The highest BCUT2D eigenvalue weighted by atomic mass is 32.2. The lowest BCUT2D eigenvalue weighted by atomic mass is 10.2. The number of anilines is 1. The number of benzene rings is 1. The van der Waals surface area contributed by atoms with E-state index in [-0.39, 0.29) is 11.9 Å². The summed E-state index contributed by atoms with van der Waals surface area (Å²) in [5.41, 5.74) is 7.82. The van der Waals surface area contributed by atoms with Gasteiger partial charge in [-0.3, -0.25) is 9.78 Å². The lowest BCUT2D eigenvalue weighted by molar-refractivity contribution is -0.119. The normalized spacial score (nSPS) is 17.6. The van der Waals surface area contributed by atoms with Crippen molar-refractivity contribution in [2.24, 2.45) is 5.73 Å². The summed E-state index contributed by atoms with van der Waals surface area (Å²) < 4.78 is 0. The minimum absolute atomic E-state index is 0.157. The van der Waals surface area contributed by atoms with Gasteiger partial charge in [-0.15, -0.1) is 11.8 Å². The Morgan fingerprint density at radius 2 is 1.95 bits per heavy atom. The van der Waals surface area contributed by atoms with E-state index in [1.165, 1.54) is 10.5 Å². The predicted molar refractivity (Wildman–Crippen MR) is 89.8 cm³/mol. The van der Waals surface area contributed by atoms with Crippen molar-refractivity contribution >= 4 is 23.4 Å². The van der Waals surface area contributed by atoms with Crippen molar-refractivity contribution in [2.75, 3.05) is 11.4 Å². The van der Waals surface area contributed by atoms with Crippen LogP contribution in [0.3, 0.4) is 0 Å². The number of nitrogens with zero attached hydrogens (tertiary/aromatic N) is 2. The van der Waals surface area contributed by atoms with Gasteiger partial charge in [-0.1, -0.05) is 0 Å². The molecule has 1 saturated heterocycles. The van der Waals surface area contributed by atoms with Crippen LogP contribution in [0.15, 0.2) is 53.7 Å². The number of amides is 1. The molecule has 0 aliphatic carbocycles. The summed E-state index contributed by atoms with van der Waals surface area (Å²) in [5, 5.41) is 0. The number of carbonyl (C=O) groups excluding carboxylic acids is 1. The summed E-state index contributed by atoms with van der Waals surface area (Å²) in [6, 6.07) is 12.3. The largest absolute Gasteiger partial charge is 0.368 e. The number of pyridine rings is 1. The molecule has 2 aromatic rings. The van der Waals surface area contributed by atoms with Crippen LogP contribution in [0.5, 0.6) is 0 Å². The third kappa shape index (κ3) is 3.42. The van der Waals surface area contributed by atoms with Crippen molar-refractivity contribution in [1.29, 1.82) is 0 Å². The molecule has 0 bridgehead atoms. The van der Waals surface area contributed by atoms with Crippen LogP contribution in [0.2, 0.25) is 0 Å². The van der Waals surface area contributed by atoms with Crippen molar-refractivity contribution in [1.82, 2.24) is 4.98 Å². The second-order valence-corrected chi connectivity index (χ2v) is 6.44. The fourth-order valence-electron chi connectivity index (χ4n) is 2.75. The van der Waals surface area contributed by atoms with E-state index in [1.807, 2.05) is 24.5 Å². The van der Waals surface area contributed by atoms with Gasteiger partial charge in [-0.25, -0.2) is 0 Å². The number of thioether (sulfide) groups is 1. The van der Waals surface area contributed by atoms with Gasteiger partial charge in [0.1, 0.15) is 6.04 Å². The molecule has 0 spiro atoms. The number of primary amides is 1. The average Bonchev–Trinajstić information content (AvgIpc) is 3.04. The summed E-state index contributed by atoms with van der Waals surface area (Å²) in [6.07, 6.45) is 5.51. The number of rotatable bonds is 5. The van der Waals surface area contributed by atoms with Crippen LogP contribution in [0.25, 0.3) is 0 Å². The molecule has 1 aromatic heterocycles. The molecule has 1 atom stereocenters. The Balaban J connectivity index is 1.64. The van der Waals surface area contributed by atoms with E-state index in [0.29, 0.717) is 0 Å². The topological polar surface area (TPSA) is 59.2 Å². The first kappa shape index (κ1) is 14.9. The van der Waals surface area contributed by atoms with E-state index in [0.717, 1.165) is 30.8 Å². The molecule has 3 rings (SSSR count). The molecule has 1 aromatic carbocycles. The second-order valence-electron chi connectivity index (χ2n) is 5.39. The highest BCUT2D eigenvalue weighted by Gasteiger charge is 2.28. The summed E-state index contributed by atoms with van der Waals surface area (Å²) in [4.78, 5) is 18.8. The average molecular weight is 313 g/mol. The predicted octanol–water partition coefficient (Wildman–Crippen LogP) is 2.83. The van der Waals surface area contributed by atoms with Gasteiger partial charge < -0.3 is 10.6 Å². The maximum absolute atomic E-state index is 11.5. The van der Waals surface area contributed by atoms with Crippen LogP contribution in [0.1, 0.15) is 18.4 Å². The van der Waals surface area contributed by atoms with Crippen molar-refractivity contribution in [2.45, 2.75) is 29.5 Å². The number of nitrogens with two attached hydrogens (primary N) is 1. The molecular formula is C17H19N3OS. The minimum Gasteiger partial charge on any atom is -0.368 e. The molecule has 0 unspecified atom stereocenters. The maximum Gasteiger partial charge on any atom is 0.240 e. The Labute approximate surface area is 134 Å². The maximum atomic E-state index is 11.5. The van der Waals surface area contributed by atoms with Crippen molar-refractivity contribution in [3.63, 3.8) is 0 Å². The van der Waals surface area contributed by atoms with E-state index in [1.54, 1.807) is 11.8 Å². The lowest BCUT2D eigenvalue weighted by Crippen LogP contribution is -2.40. The van der Waals surface area contributed by atoms with E-state index < -0.39 is 0 Å². The molecule has 2 N–H and O–H groups in total.